The molecule has 0 saturated heterocycles. The minimum atomic E-state index is 0.362. The van der Waals surface area contributed by atoms with Gasteiger partial charge in [-0.25, -0.2) is 9.97 Å². The van der Waals surface area contributed by atoms with Gasteiger partial charge in [-0.05, 0) is 12.8 Å². The summed E-state index contributed by atoms with van der Waals surface area (Å²) in [5, 5.41) is 4.27. The zero-order valence-corrected chi connectivity index (χ0v) is 12.5. The number of hydrogen-bond acceptors (Lipinski definition) is 4. The summed E-state index contributed by atoms with van der Waals surface area (Å²) in [7, 11) is 1.91. The predicted molar refractivity (Wildman–Crippen MR) is 76.0 cm³/mol. The maximum absolute atomic E-state index is 4.66. The SMILES string of the molecule is CNc1nc(C(C)C)nc(SCC(C)C)c1C. The average molecular weight is 253 g/mol. The molecule has 1 heterocycles. The van der Waals surface area contributed by atoms with Crippen LogP contribution >= 0.6 is 11.8 Å². The Morgan fingerprint density at radius 2 is 1.82 bits per heavy atom. The fourth-order valence-corrected chi connectivity index (χ4v) is 2.36. The van der Waals surface area contributed by atoms with Crippen LogP contribution in [0, 0.1) is 12.8 Å². The topological polar surface area (TPSA) is 37.8 Å². The molecule has 0 amide bonds. The van der Waals surface area contributed by atoms with Crippen molar-refractivity contribution in [3.8, 4) is 0 Å². The number of nitrogens with zero attached hydrogens (tertiary/aromatic N) is 2. The van der Waals surface area contributed by atoms with Crippen molar-refractivity contribution >= 4 is 17.6 Å². The Kier molecular flexibility index (Phi) is 5.25. The lowest BCUT2D eigenvalue weighted by molar-refractivity contribution is 0.738. The molecule has 0 saturated carbocycles. The Bertz CT molecular complexity index is 375. The van der Waals surface area contributed by atoms with Crippen molar-refractivity contribution in [3.63, 3.8) is 0 Å². The summed E-state index contributed by atoms with van der Waals surface area (Å²) in [5.74, 6) is 4.01. The van der Waals surface area contributed by atoms with Crippen molar-refractivity contribution in [2.75, 3.05) is 18.1 Å². The van der Waals surface area contributed by atoms with Crippen LogP contribution in [0.1, 0.15) is 45.0 Å². The van der Waals surface area contributed by atoms with Gasteiger partial charge in [-0.15, -0.1) is 11.8 Å². The molecule has 17 heavy (non-hydrogen) atoms. The highest BCUT2D eigenvalue weighted by Crippen LogP contribution is 2.27. The van der Waals surface area contributed by atoms with Gasteiger partial charge < -0.3 is 5.32 Å². The number of hydrogen-bond donors (Lipinski definition) is 1. The minimum Gasteiger partial charge on any atom is -0.373 e. The molecule has 0 atom stereocenters. The van der Waals surface area contributed by atoms with Gasteiger partial charge in [-0.2, -0.15) is 0 Å². The Morgan fingerprint density at radius 3 is 2.29 bits per heavy atom. The van der Waals surface area contributed by atoms with E-state index in [0.717, 1.165) is 28.0 Å². The monoisotopic (exact) mass is 253 g/mol. The zero-order valence-electron chi connectivity index (χ0n) is 11.7. The summed E-state index contributed by atoms with van der Waals surface area (Å²) < 4.78 is 0. The van der Waals surface area contributed by atoms with E-state index in [1.807, 2.05) is 18.8 Å². The van der Waals surface area contributed by atoms with Crippen LogP contribution in [0.25, 0.3) is 0 Å². The summed E-state index contributed by atoms with van der Waals surface area (Å²) in [6.07, 6.45) is 0. The molecule has 0 bridgehead atoms. The molecular weight excluding hydrogens is 230 g/mol. The Balaban J connectivity index is 3.04. The molecule has 0 radical (unpaired) electrons. The predicted octanol–water partition coefficient (Wildman–Crippen LogP) is 3.70. The van der Waals surface area contributed by atoms with E-state index in [-0.39, 0.29) is 0 Å². The largest absolute Gasteiger partial charge is 0.373 e. The third-order valence-corrected chi connectivity index (χ3v) is 3.93. The molecule has 1 rings (SSSR count). The second-order valence-electron chi connectivity index (χ2n) is 4.97. The summed E-state index contributed by atoms with van der Waals surface area (Å²) in [6.45, 7) is 10.8. The molecule has 4 heteroatoms. The van der Waals surface area contributed by atoms with Crippen molar-refractivity contribution in [1.82, 2.24) is 9.97 Å². The van der Waals surface area contributed by atoms with Crippen molar-refractivity contribution in [2.24, 2.45) is 5.92 Å². The maximum Gasteiger partial charge on any atom is 0.134 e. The number of rotatable bonds is 5. The molecule has 1 aromatic heterocycles. The van der Waals surface area contributed by atoms with Crippen LogP contribution in [-0.2, 0) is 0 Å². The van der Waals surface area contributed by atoms with Crippen LogP contribution in [0.5, 0.6) is 0 Å². The standard InChI is InChI=1S/C13H23N3S/c1-8(2)7-17-13-10(5)12(14-6)15-11(16-13)9(3)4/h8-9H,7H2,1-6H3,(H,14,15,16). The summed E-state index contributed by atoms with van der Waals surface area (Å²) in [5.41, 5.74) is 1.16. The first kappa shape index (κ1) is 14.3. The molecule has 0 fully saturated rings. The van der Waals surface area contributed by atoms with E-state index in [1.165, 1.54) is 0 Å². The lowest BCUT2D eigenvalue weighted by atomic mass is 10.2. The van der Waals surface area contributed by atoms with Gasteiger partial charge in [0.2, 0.25) is 0 Å². The summed E-state index contributed by atoms with van der Waals surface area (Å²) >= 11 is 1.83. The zero-order chi connectivity index (χ0) is 13.0. The van der Waals surface area contributed by atoms with Gasteiger partial charge in [-0.1, -0.05) is 27.7 Å². The first-order chi connectivity index (χ1) is 7.95. The van der Waals surface area contributed by atoms with Crippen molar-refractivity contribution < 1.29 is 0 Å². The normalized spacial score (nSPS) is 11.3. The van der Waals surface area contributed by atoms with Gasteiger partial charge in [0.15, 0.2) is 0 Å². The van der Waals surface area contributed by atoms with Crippen LogP contribution in [0.3, 0.4) is 0 Å². The van der Waals surface area contributed by atoms with E-state index in [4.69, 9.17) is 0 Å². The molecule has 96 valence electrons. The number of thioether (sulfide) groups is 1. The van der Waals surface area contributed by atoms with Crippen molar-refractivity contribution in [2.45, 2.75) is 45.6 Å². The van der Waals surface area contributed by atoms with E-state index < -0.39 is 0 Å². The molecule has 0 unspecified atom stereocenters. The molecular formula is C13H23N3S. The smallest absolute Gasteiger partial charge is 0.134 e. The summed E-state index contributed by atoms with van der Waals surface area (Å²) in [6, 6.07) is 0. The van der Waals surface area contributed by atoms with E-state index in [9.17, 15) is 0 Å². The minimum absolute atomic E-state index is 0.362. The van der Waals surface area contributed by atoms with Gasteiger partial charge in [0, 0.05) is 24.3 Å². The lowest BCUT2D eigenvalue weighted by Crippen LogP contribution is -2.06. The van der Waals surface area contributed by atoms with E-state index in [2.05, 4.69) is 49.9 Å². The number of anilines is 1. The highest BCUT2D eigenvalue weighted by atomic mass is 32.2. The first-order valence-corrected chi connectivity index (χ1v) is 7.13. The maximum atomic E-state index is 4.66. The molecule has 0 spiro atoms. The third kappa shape index (κ3) is 3.87. The fraction of sp³-hybridized carbons (Fsp3) is 0.692. The Labute approximate surface area is 109 Å². The second kappa shape index (κ2) is 6.24. The molecule has 1 aromatic rings. The number of aromatic nitrogens is 2. The van der Waals surface area contributed by atoms with Crippen molar-refractivity contribution in [3.05, 3.63) is 11.4 Å². The first-order valence-electron chi connectivity index (χ1n) is 6.14. The van der Waals surface area contributed by atoms with Gasteiger partial charge >= 0.3 is 0 Å². The van der Waals surface area contributed by atoms with Crippen LogP contribution < -0.4 is 5.32 Å². The molecule has 0 aliphatic heterocycles. The van der Waals surface area contributed by atoms with Gasteiger partial charge in [0.1, 0.15) is 16.7 Å². The average Bonchev–Trinajstić information content (AvgIpc) is 2.27. The van der Waals surface area contributed by atoms with Crippen LogP contribution in [0.4, 0.5) is 5.82 Å². The Hall–Kier alpha value is -0.770. The van der Waals surface area contributed by atoms with Gasteiger partial charge in [0.25, 0.3) is 0 Å². The summed E-state index contributed by atoms with van der Waals surface area (Å²) in [4.78, 5) is 9.21. The van der Waals surface area contributed by atoms with E-state index in [1.54, 1.807) is 0 Å². The van der Waals surface area contributed by atoms with Crippen LogP contribution in [0.15, 0.2) is 5.03 Å². The molecule has 0 aromatic carbocycles. The van der Waals surface area contributed by atoms with Crippen LogP contribution in [-0.4, -0.2) is 22.8 Å². The fourth-order valence-electron chi connectivity index (χ4n) is 1.40. The second-order valence-corrected chi connectivity index (χ2v) is 5.98. The quantitative estimate of drug-likeness (QED) is 0.641. The van der Waals surface area contributed by atoms with E-state index >= 15 is 0 Å². The van der Waals surface area contributed by atoms with Gasteiger partial charge in [-0.3, -0.25) is 0 Å². The lowest BCUT2D eigenvalue weighted by Gasteiger charge is -2.14. The highest BCUT2D eigenvalue weighted by Gasteiger charge is 2.12. The number of nitrogens with one attached hydrogen (secondary N) is 1. The third-order valence-electron chi connectivity index (χ3n) is 2.43. The molecule has 1 N–H and O–H groups in total. The molecule has 0 aliphatic rings. The van der Waals surface area contributed by atoms with Crippen molar-refractivity contribution in [1.29, 1.82) is 0 Å². The Morgan fingerprint density at radius 1 is 1.18 bits per heavy atom. The highest BCUT2D eigenvalue weighted by molar-refractivity contribution is 7.99. The molecule has 3 nitrogen and oxygen atoms in total. The van der Waals surface area contributed by atoms with Gasteiger partial charge in [0.05, 0.1) is 0 Å². The van der Waals surface area contributed by atoms with E-state index in [0.29, 0.717) is 11.8 Å². The van der Waals surface area contributed by atoms with Crippen LogP contribution in [0.2, 0.25) is 0 Å². The molecule has 0 aliphatic carbocycles.